The molecule has 0 bridgehead atoms. The van der Waals surface area contributed by atoms with Crippen molar-refractivity contribution in [2.24, 2.45) is 0 Å². The first-order valence-corrected chi connectivity index (χ1v) is 9.26. The summed E-state index contributed by atoms with van der Waals surface area (Å²) in [7, 11) is 0. The second-order valence-electron chi connectivity index (χ2n) is 5.98. The highest BCUT2D eigenvalue weighted by molar-refractivity contribution is 6.35. The number of aromatic nitrogens is 2. The third-order valence-corrected chi connectivity index (χ3v) is 4.35. The minimum absolute atomic E-state index is 0.146. The minimum atomic E-state index is -1.50. The van der Waals surface area contributed by atoms with Crippen LogP contribution in [0.4, 0.5) is 0 Å². The molecule has 2 atom stereocenters. The Morgan fingerprint density at radius 1 is 1.50 bits per heavy atom. The van der Waals surface area contributed by atoms with E-state index in [1.807, 2.05) is 16.8 Å². The van der Waals surface area contributed by atoms with Crippen LogP contribution in [0.25, 0.3) is 0 Å². The van der Waals surface area contributed by atoms with E-state index in [2.05, 4.69) is 11.9 Å². The van der Waals surface area contributed by atoms with Crippen molar-refractivity contribution in [3.8, 4) is 0 Å². The number of hydrogen-bond donors (Lipinski definition) is 1. The molecule has 28 heavy (non-hydrogen) atoms. The summed E-state index contributed by atoms with van der Waals surface area (Å²) in [6, 6.07) is 5.32. The fourth-order valence-corrected chi connectivity index (χ4v) is 3.29. The first kappa shape index (κ1) is 22.4. The molecule has 1 N–H and O–H groups in total. The van der Waals surface area contributed by atoms with Crippen LogP contribution in [0, 0.1) is 10.1 Å². The van der Waals surface area contributed by atoms with E-state index in [1.54, 1.807) is 24.7 Å². The number of imidazole rings is 1. The van der Waals surface area contributed by atoms with Gasteiger partial charge in [-0.2, -0.15) is 0 Å². The topological polar surface area (TPSA) is 109 Å². The maximum atomic E-state index is 8.36. The zero-order chi connectivity index (χ0) is 20.6. The zero-order valence-corrected chi connectivity index (χ0v) is 16.7. The van der Waals surface area contributed by atoms with Crippen LogP contribution >= 0.6 is 23.2 Å². The molecule has 1 fully saturated rings. The van der Waals surface area contributed by atoms with E-state index < -0.39 is 10.9 Å². The summed E-state index contributed by atoms with van der Waals surface area (Å²) in [6.45, 7) is 4.15. The average Bonchev–Trinajstić information content (AvgIpc) is 3.26. The van der Waals surface area contributed by atoms with E-state index in [0.717, 1.165) is 12.0 Å². The lowest BCUT2D eigenvalue weighted by Gasteiger charge is -2.30. The van der Waals surface area contributed by atoms with Gasteiger partial charge in [-0.15, -0.1) is 10.1 Å². The molecule has 11 heteroatoms. The van der Waals surface area contributed by atoms with Crippen LogP contribution in [0.5, 0.6) is 0 Å². The molecule has 1 aliphatic rings. The number of benzene rings is 1. The monoisotopic (exact) mass is 433 g/mol. The minimum Gasteiger partial charge on any atom is -0.379 e. The van der Waals surface area contributed by atoms with Gasteiger partial charge >= 0.3 is 0 Å². The quantitative estimate of drug-likeness (QED) is 0.403. The highest BCUT2D eigenvalue weighted by atomic mass is 35.5. The smallest absolute Gasteiger partial charge is 0.291 e. The van der Waals surface area contributed by atoms with Crippen molar-refractivity contribution >= 4 is 23.2 Å². The van der Waals surface area contributed by atoms with Crippen molar-refractivity contribution in [3.63, 3.8) is 0 Å². The second kappa shape index (κ2) is 10.6. The third kappa shape index (κ3) is 6.32. The molecule has 0 aliphatic carbocycles. The van der Waals surface area contributed by atoms with Gasteiger partial charge in [0.05, 0.1) is 31.1 Å². The van der Waals surface area contributed by atoms with Gasteiger partial charge in [0.25, 0.3) is 5.09 Å². The lowest BCUT2D eigenvalue weighted by Crippen LogP contribution is -2.34. The fourth-order valence-electron chi connectivity index (χ4n) is 2.73. The Kier molecular flexibility index (Phi) is 8.46. The standard InChI is InChI=1S/C17H20Cl2N2O3.HNO3/c1-2-7-22-9-14-10-23-17(24-14,11-21-6-5-20-12-21)15-4-3-13(18)8-16(15)19;2-1(3)4/h3-6,8,12,14H,2,7,9-11H2,1H3;(H,2,3,4)/t14-,17-;/m1./s1. The van der Waals surface area contributed by atoms with E-state index in [9.17, 15) is 0 Å². The Morgan fingerprint density at radius 3 is 2.86 bits per heavy atom. The van der Waals surface area contributed by atoms with Crippen molar-refractivity contribution in [1.29, 1.82) is 0 Å². The van der Waals surface area contributed by atoms with Crippen LogP contribution in [0.1, 0.15) is 18.9 Å². The molecule has 0 radical (unpaired) electrons. The molecular weight excluding hydrogens is 413 g/mol. The molecule has 1 aliphatic heterocycles. The van der Waals surface area contributed by atoms with Crippen LogP contribution in [0.2, 0.25) is 10.0 Å². The van der Waals surface area contributed by atoms with Crippen LogP contribution in [-0.2, 0) is 26.5 Å². The van der Waals surface area contributed by atoms with E-state index >= 15 is 0 Å². The summed E-state index contributed by atoms with van der Waals surface area (Å²) in [6.07, 6.45) is 6.12. The molecule has 3 rings (SSSR count). The Hall–Kier alpha value is -1.91. The highest BCUT2D eigenvalue weighted by Gasteiger charge is 2.45. The molecular formula is C17H21Cl2N3O6. The van der Waals surface area contributed by atoms with Gasteiger partial charge in [-0.1, -0.05) is 36.2 Å². The molecule has 0 amide bonds. The molecule has 9 nitrogen and oxygen atoms in total. The van der Waals surface area contributed by atoms with Gasteiger partial charge in [0, 0.05) is 29.6 Å². The van der Waals surface area contributed by atoms with Crippen LogP contribution in [-0.4, -0.2) is 45.8 Å². The molecule has 0 spiro atoms. The Balaban J connectivity index is 0.000000640. The maximum Gasteiger partial charge on any atom is 0.291 e. The lowest BCUT2D eigenvalue weighted by atomic mass is 10.1. The molecule has 154 valence electrons. The molecule has 2 aromatic rings. The summed E-state index contributed by atoms with van der Waals surface area (Å²) < 4.78 is 19.8. The largest absolute Gasteiger partial charge is 0.379 e. The molecule has 1 saturated heterocycles. The van der Waals surface area contributed by atoms with Gasteiger partial charge in [0.1, 0.15) is 6.10 Å². The number of nitrogens with zero attached hydrogens (tertiary/aromatic N) is 3. The van der Waals surface area contributed by atoms with Gasteiger partial charge in [-0.05, 0) is 18.6 Å². The first-order valence-electron chi connectivity index (χ1n) is 8.50. The molecule has 1 aromatic heterocycles. The summed E-state index contributed by atoms with van der Waals surface area (Å²) in [5.41, 5.74) is 0.750. The van der Waals surface area contributed by atoms with Crippen LogP contribution < -0.4 is 0 Å². The highest BCUT2D eigenvalue weighted by Crippen LogP contribution is 2.40. The number of ether oxygens (including phenoxy) is 3. The normalized spacial score (nSPS) is 21.2. The average molecular weight is 434 g/mol. The molecule has 0 saturated carbocycles. The van der Waals surface area contributed by atoms with Crippen molar-refractivity contribution in [1.82, 2.24) is 9.55 Å². The maximum absolute atomic E-state index is 8.36. The van der Waals surface area contributed by atoms with Crippen molar-refractivity contribution in [2.45, 2.75) is 31.8 Å². The van der Waals surface area contributed by atoms with Crippen molar-refractivity contribution in [2.75, 3.05) is 19.8 Å². The molecule has 1 aromatic carbocycles. The number of halogens is 2. The number of hydrogen-bond acceptors (Lipinski definition) is 6. The summed E-state index contributed by atoms with van der Waals surface area (Å²) >= 11 is 12.4. The van der Waals surface area contributed by atoms with Gasteiger partial charge in [0.2, 0.25) is 5.79 Å². The summed E-state index contributed by atoms with van der Waals surface area (Å²) in [4.78, 5) is 12.4. The zero-order valence-electron chi connectivity index (χ0n) is 15.2. The van der Waals surface area contributed by atoms with Gasteiger partial charge in [0.15, 0.2) is 0 Å². The van der Waals surface area contributed by atoms with E-state index in [4.69, 9.17) is 52.7 Å². The van der Waals surface area contributed by atoms with Crippen molar-refractivity contribution < 1.29 is 24.5 Å². The van der Waals surface area contributed by atoms with Crippen LogP contribution in [0.15, 0.2) is 36.9 Å². The summed E-state index contributed by atoms with van der Waals surface area (Å²) in [5.74, 6) is -0.984. The Morgan fingerprint density at radius 2 is 2.25 bits per heavy atom. The Labute approximate surface area is 171 Å². The van der Waals surface area contributed by atoms with Crippen LogP contribution in [0.3, 0.4) is 0 Å². The van der Waals surface area contributed by atoms with E-state index in [1.165, 1.54) is 0 Å². The lowest BCUT2D eigenvalue weighted by molar-refractivity contribution is -0.742. The van der Waals surface area contributed by atoms with Gasteiger partial charge in [-0.3, -0.25) is 0 Å². The third-order valence-electron chi connectivity index (χ3n) is 3.80. The van der Waals surface area contributed by atoms with Gasteiger partial charge < -0.3 is 24.0 Å². The van der Waals surface area contributed by atoms with E-state index in [0.29, 0.717) is 36.4 Å². The molecule has 2 heterocycles. The summed E-state index contributed by atoms with van der Waals surface area (Å²) in [5, 5.41) is 14.7. The second-order valence-corrected chi connectivity index (χ2v) is 6.82. The fraction of sp³-hybridized carbons (Fsp3) is 0.471. The number of rotatable bonds is 7. The predicted molar refractivity (Wildman–Crippen MR) is 101 cm³/mol. The Bertz CT molecular complexity index is 757. The predicted octanol–water partition coefficient (Wildman–Crippen LogP) is 3.54. The first-order chi connectivity index (χ1) is 13.4. The molecule has 0 unspecified atom stereocenters. The SMILES string of the molecule is CCCOC[C@@H]1CO[C@@](Cn2ccnc2)(c2ccc(Cl)cc2Cl)O1.O=[N+]([O-])O. The van der Waals surface area contributed by atoms with E-state index in [-0.39, 0.29) is 6.10 Å². The van der Waals surface area contributed by atoms with Gasteiger partial charge in [-0.25, -0.2) is 4.98 Å². The van der Waals surface area contributed by atoms with Crippen molar-refractivity contribution in [3.05, 3.63) is 62.6 Å².